The zero-order chi connectivity index (χ0) is 30.7. The lowest BCUT2D eigenvalue weighted by molar-refractivity contribution is -0.139. The first-order valence-electron chi connectivity index (χ1n) is 16.0. The molecule has 1 atom stereocenters. The third kappa shape index (κ3) is 12.6. The van der Waals surface area contributed by atoms with Gasteiger partial charge in [0.15, 0.2) is 0 Å². The van der Waals surface area contributed by atoms with E-state index in [2.05, 4.69) is 26.0 Å². The Labute approximate surface area is 280 Å². The Hall–Kier alpha value is -1.96. The van der Waals surface area contributed by atoms with Crippen LogP contribution in [0.3, 0.4) is 0 Å². The smallest absolute Gasteiger partial charge is 0.323 e. The van der Waals surface area contributed by atoms with Crippen LogP contribution in [0.4, 0.5) is 0 Å². The number of aryl methyl sites for hydroxylation is 2. The summed E-state index contributed by atoms with van der Waals surface area (Å²) in [4.78, 5) is 37.6. The number of sulfonamides is 1. The molecule has 0 bridgehead atoms. The molecule has 2 aliphatic heterocycles. The van der Waals surface area contributed by atoms with Gasteiger partial charge in [-0.1, -0.05) is 6.07 Å². The molecule has 0 saturated carbocycles. The fourth-order valence-corrected chi connectivity index (χ4v) is 7.76. The van der Waals surface area contributed by atoms with Gasteiger partial charge in [0.1, 0.15) is 6.04 Å². The van der Waals surface area contributed by atoms with Crippen molar-refractivity contribution in [2.45, 2.75) is 88.0 Å². The van der Waals surface area contributed by atoms with E-state index in [1.807, 2.05) is 0 Å². The van der Waals surface area contributed by atoms with E-state index in [0.717, 1.165) is 114 Å². The number of halogens is 2. The van der Waals surface area contributed by atoms with Gasteiger partial charge in [-0.05, 0) is 138 Å². The minimum atomic E-state index is -4.11. The number of hydrogen-bond acceptors (Lipinski definition) is 7. The lowest BCUT2D eigenvalue weighted by Crippen LogP contribution is -2.50. The first kappa shape index (κ1) is 39.2. The van der Waals surface area contributed by atoms with Crippen LogP contribution < -0.4 is 26.0 Å². The van der Waals surface area contributed by atoms with Crippen molar-refractivity contribution in [2.24, 2.45) is 17.8 Å². The van der Waals surface area contributed by atoms with Crippen LogP contribution >= 0.6 is 24.8 Å². The van der Waals surface area contributed by atoms with Gasteiger partial charge in [-0.25, -0.2) is 8.42 Å². The number of carbonyl (C=O) groups is 3. The average Bonchev–Trinajstić information content (AvgIpc) is 3.02. The monoisotopic (exact) mass is 691 g/mol. The molecular formula is C31H51Cl2N5O6S. The largest absolute Gasteiger partial charge is 0.480 e. The highest BCUT2D eigenvalue weighted by Crippen LogP contribution is 2.27. The van der Waals surface area contributed by atoms with E-state index in [1.165, 1.54) is 6.07 Å². The number of amides is 2. The van der Waals surface area contributed by atoms with Crippen LogP contribution in [0, 0.1) is 17.8 Å². The van der Waals surface area contributed by atoms with Crippen molar-refractivity contribution in [3.05, 3.63) is 29.3 Å². The Bertz CT molecular complexity index is 1190. The van der Waals surface area contributed by atoms with Gasteiger partial charge in [0.05, 0.1) is 11.4 Å². The Balaban J connectivity index is 0.00000353. The van der Waals surface area contributed by atoms with Gasteiger partial charge < -0.3 is 26.4 Å². The fourth-order valence-electron chi connectivity index (χ4n) is 6.52. The number of benzene rings is 1. The molecule has 2 heterocycles. The van der Waals surface area contributed by atoms with Crippen molar-refractivity contribution in [3.8, 4) is 0 Å². The molecule has 1 aromatic rings. The Morgan fingerprint density at radius 3 is 1.96 bits per heavy atom. The summed E-state index contributed by atoms with van der Waals surface area (Å²) in [5, 5.41) is 21.6. The molecule has 0 spiro atoms. The van der Waals surface area contributed by atoms with Crippen molar-refractivity contribution in [1.29, 1.82) is 0 Å². The fraction of sp³-hybridized carbons (Fsp3) is 0.710. The number of carbonyl (C=O) groups excluding carboxylic acids is 2. The first-order valence-corrected chi connectivity index (χ1v) is 17.5. The average molecular weight is 693 g/mol. The third-order valence-electron chi connectivity index (χ3n) is 9.29. The second-order valence-electron chi connectivity index (χ2n) is 12.4. The minimum absolute atomic E-state index is 0. The molecule has 2 fully saturated rings. The predicted molar refractivity (Wildman–Crippen MR) is 178 cm³/mol. The zero-order valence-electron chi connectivity index (χ0n) is 26.0. The Morgan fingerprint density at radius 2 is 1.40 bits per heavy atom. The van der Waals surface area contributed by atoms with E-state index < -0.39 is 34.5 Å². The molecule has 256 valence electrons. The zero-order valence-corrected chi connectivity index (χ0v) is 28.4. The summed E-state index contributed by atoms with van der Waals surface area (Å²) in [6.07, 6.45) is 11.8. The van der Waals surface area contributed by atoms with Crippen LogP contribution in [-0.2, 0) is 37.2 Å². The molecule has 3 aliphatic rings. The molecule has 4 rings (SSSR count). The maximum Gasteiger partial charge on any atom is 0.323 e. The number of nitrogens with one attached hydrogen (secondary N) is 5. The van der Waals surface area contributed by atoms with Crippen LogP contribution in [-0.4, -0.2) is 76.6 Å². The SMILES string of the molecule is Cl.Cl.O=C(CNC(=O)C(CCC1CCNCC1)CCC1CCNCC1)NCC(NS(=O)(=O)c1ccc2c(c1)CCCC2)C(=O)O. The van der Waals surface area contributed by atoms with E-state index >= 15 is 0 Å². The number of hydrogen-bond donors (Lipinski definition) is 6. The second-order valence-corrected chi connectivity index (χ2v) is 14.1. The minimum Gasteiger partial charge on any atom is -0.480 e. The van der Waals surface area contributed by atoms with Crippen molar-refractivity contribution >= 4 is 52.6 Å². The van der Waals surface area contributed by atoms with Crippen LogP contribution in [0.2, 0.25) is 0 Å². The van der Waals surface area contributed by atoms with Crippen LogP contribution in [0.15, 0.2) is 23.1 Å². The number of aliphatic carboxylic acids is 1. The summed E-state index contributed by atoms with van der Waals surface area (Å²) in [5.74, 6) is -1.08. The maximum atomic E-state index is 13.2. The lowest BCUT2D eigenvalue weighted by Gasteiger charge is -2.27. The maximum absolute atomic E-state index is 13.2. The lowest BCUT2D eigenvalue weighted by atomic mass is 9.84. The highest BCUT2D eigenvalue weighted by molar-refractivity contribution is 7.89. The molecule has 6 N–H and O–H groups in total. The van der Waals surface area contributed by atoms with Crippen molar-refractivity contribution in [2.75, 3.05) is 39.3 Å². The molecule has 2 saturated heterocycles. The van der Waals surface area contributed by atoms with E-state index in [-0.39, 0.29) is 48.1 Å². The van der Waals surface area contributed by atoms with E-state index in [1.54, 1.807) is 12.1 Å². The van der Waals surface area contributed by atoms with Crippen molar-refractivity contribution < 1.29 is 27.9 Å². The van der Waals surface area contributed by atoms with Crippen LogP contribution in [0.5, 0.6) is 0 Å². The van der Waals surface area contributed by atoms with Gasteiger partial charge in [0.25, 0.3) is 0 Å². The van der Waals surface area contributed by atoms with E-state index in [4.69, 9.17) is 0 Å². The highest BCUT2D eigenvalue weighted by Gasteiger charge is 2.28. The van der Waals surface area contributed by atoms with E-state index in [9.17, 15) is 27.9 Å². The second kappa shape index (κ2) is 19.6. The summed E-state index contributed by atoms with van der Waals surface area (Å²) < 4.78 is 28.1. The summed E-state index contributed by atoms with van der Waals surface area (Å²) in [6, 6.07) is 3.33. The Morgan fingerprint density at radius 1 is 0.844 bits per heavy atom. The van der Waals surface area contributed by atoms with E-state index in [0.29, 0.717) is 11.8 Å². The highest BCUT2D eigenvalue weighted by atomic mass is 35.5. The molecule has 1 aromatic carbocycles. The first-order chi connectivity index (χ1) is 20.7. The summed E-state index contributed by atoms with van der Waals surface area (Å²) >= 11 is 0. The normalized spacial score (nSPS) is 18.2. The standard InChI is InChI=1S/C31H49N5O6S.2ClH/c37-29(34-20-28(31(39)40)36-43(41,42)27-10-9-24-3-1-2-4-26(24)19-27)21-35-30(38)25(7-5-22-11-15-32-16-12-22)8-6-23-13-17-33-18-14-23;;/h9-10,19,22-23,25,28,32-33,36H,1-8,11-18,20-21H2,(H,34,37)(H,35,38)(H,39,40);2*1H. The van der Waals surface area contributed by atoms with Gasteiger partial charge in [0, 0.05) is 12.5 Å². The van der Waals surface area contributed by atoms with Crippen molar-refractivity contribution in [3.63, 3.8) is 0 Å². The van der Waals surface area contributed by atoms with Gasteiger partial charge in [-0.2, -0.15) is 4.72 Å². The van der Waals surface area contributed by atoms with Gasteiger partial charge in [-0.3, -0.25) is 14.4 Å². The molecule has 2 amide bonds. The van der Waals surface area contributed by atoms with Crippen LogP contribution in [0.25, 0.3) is 0 Å². The van der Waals surface area contributed by atoms with Crippen LogP contribution in [0.1, 0.15) is 75.3 Å². The molecule has 45 heavy (non-hydrogen) atoms. The predicted octanol–water partition coefficient (Wildman–Crippen LogP) is 2.55. The molecule has 1 unspecified atom stereocenters. The van der Waals surface area contributed by atoms with Crippen molar-refractivity contribution in [1.82, 2.24) is 26.0 Å². The molecule has 0 aromatic heterocycles. The molecule has 11 nitrogen and oxygen atoms in total. The molecular weight excluding hydrogens is 641 g/mol. The number of fused-ring (bicyclic) bond motifs is 1. The third-order valence-corrected chi connectivity index (χ3v) is 10.8. The molecule has 0 radical (unpaired) electrons. The van der Waals surface area contributed by atoms with Gasteiger partial charge >= 0.3 is 5.97 Å². The number of rotatable bonds is 15. The summed E-state index contributed by atoms with van der Waals surface area (Å²) in [7, 11) is -4.11. The van der Waals surface area contributed by atoms with Gasteiger partial charge in [-0.15, -0.1) is 24.8 Å². The quantitative estimate of drug-likeness (QED) is 0.163. The number of carboxylic acid groups (broad SMARTS) is 1. The van der Waals surface area contributed by atoms with Gasteiger partial charge in [0.2, 0.25) is 21.8 Å². The molecule has 14 heteroatoms. The number of carboxylic acids is 1. The summed E-state index contributed by atoms with van der Waals surface area (Å²) in [6.45, 7) is 3.31. The summed E-state index contributed by atoms with van der Waals surface area (Å²) in [5.41, 5.74) is 2.09. The Kier molecular flexibility index (Phi) is 17.1. The molecule has 1 aliphatic carbocycles. The number of piperidine rings is 2. The topological polar surface area (TPSA) is 166 Å².